The molecule has 0 aromatic heterocycles. The Morgan fingerprint density at radius 2 is 0.933 bits per heavy atom. The molecule has 8 nitrogen and oxygen atoms in total. The number of hydrogen-bond acceptors (Lipinski definition) is 6. The van der Waals surface area contributed by atoms with Gasteiger partial charge in [0, 0.05) is 19.3 Å². The van der Waals surface area contributed by atoms with E-state index in [1.165, 1.54) is 103 Å². The van der Waals surface area contributed by atoms with Crippen LogP contribution in [0.5, 0.6) is 0 Å². The minimum Gasteiger partial charge on any atom is -0.477 e. The Bertz CT molecular complexity index is 1170. The number of carboxylic acids is 1. The maximum Gasteiger partial charge on any atom is 0.362 e. The van der Waals surface area contributed by atoms with Crippen molar-refractivity contribution in [1.82, 2.24) is 0 Å². The first-order chi connectivity index (χ1) is 29.1. The summed E-state index contributed by atoms with van der Waals surface area (Å²) in [5.74, 6) is -1.54. The van der Waals surface area contributed by atoms with E-state index in [0.717, 1.165) is 57.8 Å². The van der Waals surface area contributed by atoms with Gasteiger partial charge in [0.1, 0.15) is 6.61 Å². The number of quaternary nitrogens is 1. The standard InChI is InChI=1S/C52H91NO7/c1-6-8-10-12-14-16-18-20-22-24-25-27-29-31-33-35-37-39-41-43-51(55)60-48(46-58-45-44-49(52(56)57)53(3,4)5)47-59-50(54)42-40-38-36-34-32-30-28-26-23-21-19-17-15-13-11-9-7-2/h9,11,15,17,21,23,28,30,34,36,48-49H,6-8,10,12-14,16,18-20,22,24-27,29,31-33,35,37-47H2,1-5H3/p+1/b11-9+,17-15+,23-21+,30-28+,36-34+. The van der Waals surface area contributed by atoms with Crippen LogP contribution < -0.4 is 0 Å². The van der Waals surface area contributed by atoms with E-state index in [0.29, 0.717) is 19.3 Å². The van der Waals surface area contributed by atoms with Gasteiger partial charge < -0.3 is 23.8 Å². The van der Waals surface area contributed by atoms with Crippen LogP contribution in [0.4, 0.5) is 0 Å². The summed E-state index contributed by atoms with van der Waals surface area (Å²) in [4.78, 5) is 37.1. The predicted molar refractivity (Wildman–Crippen MR) is 252 cm³/mol. The smallest absolute Gasteiger partial charge is 0.362 e. The van der Waals surface area contributed by atoms with E-state index in [9.17, 15) is 19.5 Å². The first-order valence-electron chi connectivity index (χ1n) is 24.3. The summed E-state index contributed by atoms with van der Waals surface area (Å²) in [5.41, 5.74) is 0. The molecule has 0 aliphatic carbocycles. The van der Waals surface area contributed by atoms with Gasteiger partial charge in [-0.05, 0) is 51.4 Å². The van der Waals surface area contributed by atoms with Crippen LogP contribution in [0.25, 0.3) is 0 Å². The maximum atomic E-state index is 12.8. The molecule has 0 aliphatic rings. The Morgan fingerprint density at radius 3 is 1.37 bits per heavy atom. The number of nitrogens with zero attached hydrogens (tertiary/aromatic N) is 1. The number of ether oxygens (including phenoxy) is 3. The van der Waals surface area contributed by atoms with Gasteiger partial charge in [-0.15, -0.1) is 0 Å². The molecule has 2 unspecified atom stereocenters. The van der Waals surface area contributed by atoms with Crippen molar-refractivity contribution in [2.24, 2.45) is 0 Å². The Hall–Kier alpha value is -2.97. The summed E-state index contributed by atoms with van der Waals surface area (Å²) < 4.78 is 17.3. The zero-order chi connectivity index (χ0) is 44.2. The van der Waals surface area contributed by atoms with Crippen molar-refractivity contribution in [2.75, 3.05) is 41.0 Å². The molecule has 0 radical (unpaired) electrons. The molecule has 1 N–H and O–H groups in total. The zero-order valence-corrected chi connectivity index (χ0v) is 39.4. The molecule has 0 aromatic carbocycles. The van der Waals surface area contributed by atoms with Gasteiger partial charge in [0.25, 0.3) is 0 Å². The minimum atomic E-state index is -0.882. The van der Waals surface area contributed by atoms with Crippen molar-refractivity contribution < 1.29 is 38.2 Å². The first kappa shape index (κ1) is 57.0. The molecule has 346 valence electrons. The fraction of sp³-hybridized carbons (Fsp3) is 0.750. The molecule has 0 heterocycles. The second kappa shape index (κ2) is 42.7. The number of likely N-dealkylation sites (N-methyl/N-ethyl adjacent to an activating group) is 1. The van der Waals surface area contributed by atoms with Crippen LogP contribution in [0, 0.1) is 0 Å². The lowest BCUT2D eigenvalue weighted by Gasteiger charge is -2.31. The number of carbonyl (C=O) groups excluding carboxylic acids is 2. The molecule has 0 fully saturated rings. The fourth-order valence-electron chi connectivity index (χ4n) is 6.95. The molecule has 0 amide bonds. The summed E-state index contributed by atoms with van der Waals surface area (Å²) in [7, 11) is 5.51. The maximum absolute atomic E-state index is 12.8. The molecule has 0 bridgehead atoms. The highest BCUT2D eigenvalue weighted by atomic mass is 16.6. The van der Waals surface area contributed by atoms with Gasteiger partial charge >= 0.3 is 17.9 Å². The highest BCUT2D eigenvalue weighted by Crippen LogP contribution is 2.16. The third-order valence-electron chi connectivity index (χ3n) is 10.7. The summed E-state index contributed by atoms with van der Waals surface area (Å²) in [6, 6.07) is -0.624. The van der Waals surface area contributed by atoms with Gasteiger partial charge in [-0.1, -0.05) is 190 Å². The van der Waals surface area contributed by atoms with E-state index in [1.54, 1.807) is 0 Å². The van der Waals surface area contributed by atoms with Gasteiger partial charge in [0.15, 0.2) is 12.1 Å². The van der Waals surface area contributed by atoms with Crippen molar-refractivity contribution in [3.63, 3.8) is 0 Å². The van der Waals surface area contributed by atoms with Crippen LogP contribution in [0.3, 0.4) is 0 Å². The number of allylic oxidation sites excluding steroid dienone is 10. The number of esters is 2. The molecule has 0 rings (SSSR count). The molecular weight excluding hydrogens is 751 g/mol. The van der Waals surface area contributed by atoms with Crippen molar-refractivity contribution in [2.45, 2.75) is 212 Å². The number of carbonyl (C=O) groups is 3. The molecule has 0 spiro atoms. The van der Waals surface area contributed by atoms with E-state index in [4.69, 9.17) is 14.2 Å². The lowest BCUT2D eigenvalue weighted by Crippen LogP contribution is -2.50. The number of carboxylic acid groups (broad SMARTS) is 1. The Kier molecular flexibility index (Phi) is 40.6. The van der Waals surface area contributed by atoms with Crippen LogP contribution in [-0.2, 0) is 28.6 Å². The van der Waals surface area contributed by atoms with Crippen molar-refractivity contribution >= 4 is 17.9 Å². The van der Waals surface area contributed by atoms with Crippen molar-refractivity contribution in [3.05, 3.63) is 60.8 Å². The lowest BCUT2D eigenvalue weighted by molar-refractivity contribution is -0.887. The molecule has 0 saturated heterocycles. The molecule has 2 atom stereocenters. The van der Waals surface area contributed by atoms with Gasteiger partial charge in [-0.25, -0.2) is 4.79 Å². The zero-order valence-electron chi connectivity index (χ0n) is 39.4. The molecule has 60 heavy (non-hydrogen) atoms. The van der Waals surface area contributed by atoms with E-state index in [-0.39, 0.29) is 42.7 Å². The van der Waals surface area contributed by atoms with Crippen LogP contribution >= 0.6 is 0 Å². The van der Waals surface area contributed by atoms with E-state index in [1.807, 2.05) is 21.1 Å². The number of aliphatic carboxylic acids is 1. The minimum absolute atomic E-state index is 0.0434. The summed E-state index contributed by atoms with van der Waals surface area (Å²) in [6.45, 7) is 4.58. The Balaban J connectivity index is 4.35. The summed E-state index contributed by atoms with van der Waals surface area (Å²) >= 11 is 0. The first-order valence-corrected chi connectivity index (χ1v) is 24.3. The van der Waals surface area contributed by atoms with E-state index >= 15 is 0 Å². The average Bonchev–Trinajstić information content (AvgIpc) is 3.21. The number of rotatable bonds is 43. The third kappa shape index (κ3) is 40.4. The van der Waals surface area contributed by atoms with Crippen molar-refractivity contribution in [1.29, 1.82) is 0 Å². The van der Waals surface area contributed by atoms with E-state index < -0.39 is 18.1 Å². The van der Waals surface area contributed by atoms with Crippen molar-refractivity contribution in [3.8, 4) is 0 Å². The van der Waals surface area contributed by atoms with Gasteiger partial charge in [-0.2, -0.15) is 0 Å². The summed E-state index contributed by atoms with van der Waals surface area (Å²) in [6.07, 6.45) is 52.8. The highest BCUT2D eigenvalue weighted by Gasteiger charge is 2.31. The molecule has 0 saturated carbocycles. The highest BCUT2D eigenvalue weighted by molar-refractivity contribution is 5.72. The Labute approximate surface area is 368 Å². The quantitative estimate of drug-likeness (QED) is 0.0282. The van der Waals surface area contributed by atoms with Crippen LogP contribution in [0.1, 0.15) is 200 Å². The second-order valence-corrected chi connectivity index (χ2v) is 17.3. The molecule has 8 heteroatoms. The largest absolute Gasteiger partial charge is 0.477 e. The van der Waals surface area contributed by atoms with E-state index in [2.05, 4.69) is 74.6 Å². The average molecular weight is 843 g/mol. The predicted octanol–water partition coefficient (Wildman–Crippen LogP) is 13.8. The van der Waals surface area contributed by atoms with Gasteiger partial charge in [0.2, 0.25) is 0 Å². The number of hydrogen-bond donors (Lipinski definition) is 1. The normalized spacial score (nSPS) is 13.4. The van der Waals surface area contributed by atoms with Gasteiger partial charge in [0.05, 0.1) is 34.4 Å². The SMILES string of the molecule is CC/C=C/C/C=C/C/C=C/C/C=C/C/C=C/CCCC(=O)OCC(COCCC(C(=O)O)[N+](C)(C)C)OC(=O)CCCCCCCCCCCCCCCCCCCCC. The monoisotopic (exact) mass is 843 g/mol. The third-order valence-corrected chi connectivity index (χ3v) is 10.7. The number of unbranched alkanes of at least 4 members (excludes halogenated alkanes) is 19. The Morgan fingerprint density at radius 1 is 0.517 bits per heavy atom. The molecule has 0 aliphatic heterocycles. The van der Waals surface area contributed by atoms with Crippen LogP contribution in [0.15, 0.2) is 60.8 Å². The topological polar surface area (TPSA) is 99.1 Å². The summed E-state index contributed by atoms with van der Waals surface area (Å²) in [5, 5.41) is 9.64. The molecule has 0 aromatic rings. The van der Waals surface area contributed by atoms with Crippen LogP contribution in [-0.4, -0.2) is 80.6 Å². The lowest BCUT2D eigenvalue weighted by atomic mass is 10.0. The molecular formula is C52H92NO7+. The van der Waals surface area contributed by atoms with Gasteiger partial charge in [-0.3, -0.25) is 9.59 Å². The fourth-order valence-corrected chi connectivity index (χ4v) is 6.95. The van der Waals surface area contributed by atoms with Crippen LogP contribution in [0.2, 0.25) is 0 Å². The second-order valence-electron chi connectivity index (χ2n) is 17.3.